The first-order chi connectivity index (χ1) is 16.0. The average Bonchev–Trinajstić information content (AvgIpc) is 3.18. The Morgan fingerprint density at radius 3 is 2.58 bits per heavy atom. The summed E-state index contributed by atoms with van der Waals surface area (Å²) in [5, 5.41) is 2.93. The number of carbonyl (C=O) groups excluding carboxylic acids is 2. The zero-order chi connectivity index (χ0) is 23.8. The molecule has 0 saturated heterocycles. The third kappa shape index (κ3) is 5.83. The SMILES string of the molecule is CCCCN(C)C(=O)Cn1c(CCNC(=O)c2ccc(OC)c(OC)c2)nc2ccccc21. The van der Waals surface area contributed by atoms with Crippen LogP contribution in [0.2, 0.25) is 0 Å². The van der Waals surface area contributed by atoms with Gasteiger partial charge in [-0.3, -0.25) is 9.59 Å². The quantitative estimate of drug-likeness (QED) is 0.483. The van der Waals surface area contributed by atoms with E-state index in [4.69, 9.17) is 14.5 Å². The molecule has 33 heavy (non-hydrogen) atoms. The van der Waals surface area contributed by atoms with Crippen LogP contribution in [0.5, 0.6) is 11.5 Å². The molecule has 0 spiro atoms. The van der Waals surface area contributed by atoms with Gasteiger partial charge in [0.1, 0.15) is 12.4 Å². The highest BCUT2D eigenvalue weighted by Gasteiger charge is 2.17. The normalized spacial score (nSPS) is 10.8. The molecule has 0 bridgehead atoms. The smallest absolute Gasteiger partial charge is 0.251 e. The van der Waals surface area contributed by atoms with Gasteiger partial charge in [-0.2, -0.15) is 0 Å². The molecule has 2 aromatic carbocycles. The number of rotatable bonds is 11. The standard InChI is InChI=1S/C25H32N4O4/c1-5-6-15-28(2)24(30)17-29-20-10-8-7-9-19(20)27-23(29)13-14-26-25(31)18-11-12-21(32-3)22(16-18)33-4/h7-12,16H,5-6,13-15,17H2,1-4H3,(H,26,31). The fourth-order valence-corrected chi connectivity index (χ4v) is 3.64. The highest BCUT2D eigenvalue weighted by molar-refractivity contribution is 5.94. The molecular weight excluding hydrogens is 420 g/mol. The lowest BCUT2D eigenvalue weighted by atomic mass is 10.2. The molecule has 1 N–H and O–H groups in total. The first-order valence-corrected chi connectivity index (χ1v) is 11.2. The molecule has 8 nitrogen and oxygen atoms in total. The molecule has 0 aliphatic carbocycles. The van der Waals surface area contributed by atoms with Gasteiger partial charge in [-0.1, -0.05) is 25.5 Å². The van der Waals surface area contributed by atoms with Crippen molar-refractivity contribution in [3.63, 3.8) is 0 Å². The third-order valence-electron chi connectivity index (χ3n) is 5.58. The first-order valence-electron chi connectivity index (χ1n) is 11.2. The Labute approximate surface area is 194 Å². The molecule has 0 saturated carbocycles. The molecule has 2 amide bonds. The summed E-state index contributed by atoms with van der Waals surface area (Å²) in [6.45, 7) is 3.45. The summed E-state index contributed by atoms with van der Waals surface area (Å²) >= 11 is 0. The van der Waals surface area contributed by atoms with Crippen molar-refractivity contribution in [1.82, 2.24) is 19.8 Å². The molecule has 3 rings (SSSR count). The van der Waals surface area contributed by atoms with Crippen LogP contribution in [0, 0.1) is 0 Å². The number of nitrogens with zero attached hydrogens (tertiary/aromatic N) is 3. The molecule has 0 aliphatic heterocycles. The minimum atomic E-state index is -0.214. The second kappa shape index (κ2) is 11.4. The fraction of sp³-hybridized carbons (Fsp3) is 0.400. The molecule has 0 atom stereocenters. The zero-order valence-electron chi connectivity index (χ0n) is 19.8. The summed E-state index contributed by atoms with van der Waals surface area (Å²) in [5.74, 6) is 1.66. The number of amides is 2. The average molecular weight is 453 g/mol. The van der Waals surface area contributed by atoms with Gasteiger partial charge in [0, 0.05) is 32.1 Å². The van der Waals surface area contributed by atoms with Gasteiger partial charge < -0.3 is 24.3 Å². The number of unbranched alkanes of at least 4 members (excludes halogenated alkanes) is 1. The summed E-state index contributed by atoms with van der Waals surface area (Å²) in [4.78, 5) is 31.9. The van der Waals surface area contributed by atoms with E-state index in [9.17, 15) is 9.59 Å². The number of carbonyl (C=O) groups is 2. The van der Waals surface area contributed by atoms with Gasteiger partial charge in [-0.05, 0) is 36.8 Å². The summed E-state index contributed by atoms with van der Waals surface area (Å²) in [7, 11) is 4.92. The first kappa shape index (κ1) is 24.1. The predicted octanol–water partition coefficient (Wildman–Crippen LogP) is 3.28. The van der Waals surface area contributed by atoms with Crippen molar-refractivity contribution in [2.75, 3.05) is 34.4 Å². The largest absolute Gasteiger partial charge is 0.493 e. The summed E-state index contributed by atoms with van der Waals surface area (Å²) in [6.07, 6.45) is 2.51. The maximum absolute atomic E-state index is 12.8. The number of nitrogens with one attached hydrogen (secondary N) is 1. The van der Waals surface area contributed by atoms with Gasteiger partial charge in [-0.15, -0.1) is 0 Å². The molecule has 0 radical (unpaired) electrons. The van der Waals surface area contributed by atoms with Crippen LogP contribution in [0.25, 0.3) is 11.0 Å². The highest BCUT2D eigenvalue weighted by Crippen LogP contribution is 2.27. The molecule has 176 valence electrons. The van der Waals surface area contributed by atoms with Gasteiger partial charge in [-0.25, -0.2) is 4.98 Å². The lowest BCUT2D eigenvalue weighted by Gasteiger charge is -2.18. The van der Waals surface area contributed by atoms with E-state index >= 15 is 0 Å². The van der Waals surface area contributed by atoms with E-state index in [1.54, 1.807) is 30.2 Å². The number of para-hydroxylation sites is 2. The van der Waals surface area contributed by atoms with E-state index in [-0.39, 0.29) is 18.4 Å². The van der Waals surface area contributed by atoms with E-state index in [0.29, 0.717) is 30.0 Å². The Bertz CT molecular complexity index is 1110. The summed E-state index contributed by atoms with van der Waals surface area (Å²) in [5.41, 5.74) is 2.23. The summed E-state index contributed by atoms with van der Waals surface area (Å²) in [6, 6.07) is 12.8. The molecule has 0 fully saturated rings. The number of hydrogen-bond donors (Lipinski definition) is 1. The van der Waals surface area contributed by atoms with Gasteiger partial charge in [0.05, 0.1) is 25.3 Å². The maximum atomic E-state index is 12.8. The van der Waals surface area contributed by atoms with Crippen molar-refractivity contribution in [3.8, 4) is 11.5 Å². The van der Waals surface area contributed by atoms with Crippen LogP contribution in [-0.4, -0.2) is 60.6 Å². The van der Waals surface area contributed by atoms with Crippen molar-refractivity contribution in [1.29, 1.82) is 0 Å². The van der Waals surface area contributed by atoms with Crippen molar-refractivity contribution < 1.29 is 19.1 Å². The zero-order valence-corrected chi connectivity index (χ0v) is 19.8. The number of benzene rings is 2. The van der Waals surface area contributed by atoms with Crippen LogP contribution in [0.3, 0.4) is 0 Å². The van der Waals surface area contributed by atoms with E-state index in [0.717, 1.165) is 36.2 Å². The van der Waals surface area contributed by atoms with Crippen LogP contribution >= 0.6 is 0 Å². The fourth-order valence-electron chi connectivity index (χ4n) is 3.64. The lowest BCUT2D eigenvalue weighted by Crippen LogP contribution is -2.32. The number of hydrogen-bond acceptors (Lipinski definition) is 5. The van der Waals surface area contributed by atoms with E-state index in [2.05, 4.69) is 12.2 Å². The van der Waals surface area contributed by atoms with E-state index in [1.807, 2.05) is 35.9 Å². The Morgan fingerprint density at radius 2 is 1.85 bits per heavy atom. The van der Waals surface area contributed by atoms with Gasteiger partial charge in [0.25, 0.3) is 5.91 Å². The molecule has 3 aromatic rings. The topological polar surface area (TPSA) is 85.7 Å². The van der Waals surface area contributed by atoms with Crippen LogP contribution in [0.15, 0.2) is 42.5 Å². The summed E-state index contributed by atoms with van der Waals surface area (Å²) < 4.78 is 12.4. The minimum absolute atomic E-state index is 0.0437. The number of likely N-dealkylation sites (N-methyl/N-ethyl adjacent to an activating group) is 1. The highest BCUT2D eigenvalue weighted by atomic mass is 16.5. The Kier molecular flexibility index (Phi) is 8.29. The van der Waals surface area contributed by atoms with E-state index in [1.165, 1.54) is 7.11 Å². The number of fused-ring (bicyclic) bond motifs is 1. The number of methoxy groups -OCH3 is 2. The molecule has 1 heterocycles. The number of aromatic nitrogens is 2. The van der Waals surface area contributed by atoms with Crippen molar-refractivity contribution in [2.45, 2.75) is 32.7 Å². The Morgan fingerprint density at radius 1 is 1.09 bits per heavy atom. The van der Waals surface area contributed by atoms with Gasteiger partial charge in [0.15, 0.2) is 11.5 Å². The molecule has 1 aromatic heterocycles. The van der Waals surface area contributed by atoms with Gasteiger partial charge >= 0.3 is 0 Å². The van der Waals surface area contributed by atoms with E-state index < -0.39 is 0 Å². The monoisotopic (exact) mass is 452 g/mol. The van der Waals surface area contributed by atoms with Crippen molar-refractivity contribution in [2.24, 2.45) is 0 Å². The second-order valence-electron chi connectivity index (χ2n) is 7.85. The lowest BCUT2D eigenvalue weighted by molar-refractivity contribution is -0.130. The number of ether oxygens (including phenoxy) is 2. The minimum Gasteiger partial charge on any atom is -0.493 e. The van der Waals surface area contributed by atoms with Crippen LogP contribution in [0.1, 0.15) is 35.9 Å². The molecule has 0 aliphatic rings. The van der Waals surface area contributed by atoms with Crippen LogP contribution in [0.4, 0.5) is 0 Å². The number of imidazole rings is 1. The van der Waals surface area contributed by atoms with Crippen LogP contribution in [-0.2, 0) is 17.8 Å². The Balaban J connectivity index is 1.70. The molecular formula is C25H32N4O4. The van der Waals surface area contributed by atoms with Gasteiger partial charge in [0.2, 0.25) is 5.91 Å². The van der Waals surface area contributed by atoms with Crippen LogP contribution < -0.4 is 14.8 Å². The third-order valence-corrected chi connectivity index (χ3v) is 5.58. The Hall–Kier alpha value is -3.55. The predicted molar refractivity (Wildman–Crippen MR) is 128 cm³/mol. The van der Waals surface area contributed by atoms with Crippen molar-refractivity contribution in [3.05, 3.63) is 53.9 Å². The molecule has 0 unspecified atom stereocenters. The van der Waals surface area contributed by atoms with Crippen molar-refractivity contribution >= 4 is 22.8 Å². The maximum Gasteiger partial charge on any atom is 0.251 e. The second-order valence-corrected chi connectivity index (χ2v) is 7.85. The molecule has 8 heteroatoms.